The lowest BCUT2D eigenvalue weighted by molar-refractivity contribution is -0.133. The first-order chi connectivity index (χ1) is 8.15. The summed E-state index contributed by atoms with van der Waals surface area (Å²) in [6, 6.07) is 0.267. The van der Waals surface area contributed by atoms with Crippen molar-refractivity contribution >= 4 is 5.91 Å². The van der Waals surface area contributed by atoms with Crippen LogP contribution in [0.5, 0.6) is 0 Å². The smallest absolute Gasteiger partial charge is 0.246 e. The average Bonchev–Trinajstić information content (AvgIpc) is 2.83. The van der Waals surface area contributed by atoms with Crippen LogP contribution in [0.15, 0.2) is 0 Å². The van der Waals surface area contributed by atoms with Gasteiger partial charge in [0.05, 0.1) is 5.60 Å². The van der Waals surface area contributed by atoms with Crippen LogP contribution in [0.25, 0.3) is 0 Å². The molecule has 1 fully saturated rings. The van der Waals surface area contributed by atoms with Crippen LogP contribution >= 0.6 is 0 Å². The molecule has 1 aliphatic rings. The highest BCUT2D eigenvalue weighted by atomic mass is 16.5. The summed E-state index contributed by atoms with van der Waals surface area (Å²) in [5, 5.41) is 2.98. The maximum Gasteiger partial charge on any atom is 0.246 e. The van der Waals surface area contributed by atoms with Gasteiger partial charge in [0.25, 0.3) is 0 Å². The van der Waals surface area contributed by atoms with E-state index < -0.39 is 0 Å². The molecule has 1 rings (SSSR count). The zero-order chi connectivity index (χ0) is 12.7. The molecule has 4 nitrogen and oxygen atoms in total. The zero-order valence-electron chi connectivity index (χ0n) is 11.1. The molecule has 1 aliphatic carbocycles. The SMILES string of the molecule is CCC(CC)NC(=O)COC1(CN)CCCC1. The molecule has 0 aromatic rings. The zero-order valence-corrected chi connectivity index (χ0v) is 11.1. The van der Waals surface area contributed by atoms with Crippen molar-refractivity contribution < 1.29 is 9.53 Å². The number of hydrogen-bond donors (Lipinski definition) is 2. The molecule has 3 N–H and O–H groups in total. The normalized spacial score (nSPS) is 18.6. The van der Waals surface area contributed by atoms with Gasteiger partial charge in [0.1, 0.15) is 6.61 Å². The first-order valence-corrected chi connectivity index (χ1v) is 6.79. The maximum absolute atomic E-state index is 11.7. The second kappa shape index (κ2) is 6.97. The van der Waals surface area contributed by atoms with Crippen molar-refractivity contribution in [3.8, 4) is 0 Å². The standard InChI is InChI=1S/C13H26N2O2/c1-3-11(4-2)15-12(16)9-17-13(10-14)7-5-6-8-13/h11H,3-10,14H2,1-2H3,(H,15,16). The number of carbonyl (C=O) groups is 1. The van der Waals surface area contributed by atoms with Gasteiger partial charge in [-0.25, -0.2) is 0 Å². The Kier molecular flexibility index (Phi) is 5.92. The summed E-state index contributed by atoms with van der Waals surface area (Å²) in [6.07, 6.45) is 6.22. The fourth-order valence-electron chi connectivity index (χ4n) is 2.41. The van der Waals surface area contributed by atoms with E-state index in [2.05, 4.69) is 19.2 Å². The van der Waals surface area contributed by atoms with Crippen molar-refractivity contribution in [3.63, 3.8) is 0 Å². The van der Waals surface area contributed by atoms with E-state index in [0.717, 1.165) is 38.5 Å². The molecular weight excluding hydrogens is 216 g/mol. The predicted molar refractivity (Wildman–Crippen MR) is 68.7 cm³/mol. The van der Waals surface area contributed by atoms with Crippen LogP contribution in [0.2, 0.25) is 0 Å². The summed E-state index contributed by atoms with van der Waals surface area (Å²) in [4.78, 5) is 11.7. The van der Waals surface area contributed by atoms with Crippen LogP contribution in [0.3, 0.4) is 0 Å². The minimum atomic E-state index is -0.231. The summed E-state index contributed by atoms with van der Waals surface area (Å²) in [5.41, 5.74) is 5.52. The van der Waals surface area contributed by atoms with Gasteiger partial charge in [0.2, 0.25) is 5.91 Å². The minimum Gasteiger partial charge on any atom is -0.364 e. The molecule has 0 heterocycles. The van der Waals surface area contributed by atoms with E-state index in [-0.39, 0.29) is 24.2 Å². The number of amides is 1. The Bertz CT molecular complexity index is 234. The lowest BCUT2D eigenvalue weighted by Crippen LogP contribution is -2.43. The average molecular weight is 242 g/mol. The van der Waals surface area contributed by atoms with Crippen molar-refractivity contribution in [1.29, 1.82) is 0 Å². The Labute approximate surface area is 104 Å². The highest BCUT2D eigenvalue weighted by Crippen LogP contribution is 2.31. The van der Waals surface area contributed by atoms with Crippen LogP contribution in [0, 0.1) is 0 Å². The molecule has 0 aromatic carbocycles. The number of carbonyl (C=O) groups excluding carboxylic acids is 1. The Hall–Kier alpha value is -0.610. The van der Waals surface area contributed by atoms with Gasteiger partial charge in [0, 0.05) is 12.6 Å². The minimum absolute atomic E-state index is 0.0153. The molecule has 0 saturated heterocycles. The lowest BCUT2D eigenvalue weighted by Gasteiger charge is -2.27. The summed E-state index contributed by atoms with van der Waals surface area (Å²) >= 11 is 0. The second-order valence-corrected chi connectivity index (χ2v) is 4.96. The number of nitrogens with one attached hydrogen (secondary N) is 1. The Morgan fingerprint density at radius 1 is 1.35 bits per heavy atom. The number of ether oxygens (including phenoxy) is 1. The first-order valence-electron chi connectivity index (χ1n) is 6.79. The van der Waals surface area contributed by atoms with E-state index in [0.29, 0.717) is 6.54 Å². The van der Waals surface area contributed by atoms with Gasteiger partial charge in [-0.05, 0) is 25.7 Å². The Morgan fingerprint density at radius 3 is 2.41 bits per heavy atom. The van der Waals surface area contributed by atoms with Crippen molar-refractivity contribution in [2.24, 2.45) is 5.73 Å². The van der Waals surface area contributed by atoms with Gasteiger partial charge in [0.15, 0.2) is 0 Å². The summed E-state index contributed by atoms with van der Waals surface area (Å²) in [6.45, 7) is 4.82. The predicted octanol–water partition coefficient (Wildman–Crippen LogP) is 1.58. The third-order valence-electron chi connectivity index (χ3n) is 3.75. The summed E-state index contributed by atoms with van der Waals surface area (Å²) < 4.78 is 5.75. The molecule has 17 heavy (non-hydrogen) atoms. The van der Waals surface area contributed by atoms with Gasteiger partial charge in [-0.15, -0.1) is 0 Å². The first kappa shape index (κ1) is 14.5. The molecule has 4 heteroatoms. The van der Waals surface area contributed by atoms with Gasteiger partial charge in [-0.2, -0.15) is 0 Å². The van der Waals surface area contributed by atoms with E-state index in [9.17, 15) is 4.79 Å². The van der Waals surface area contributed by atoms with Crippen molar-refractivity contribution in [3.05, 3.63) is 0 Å². The van der Waals surface area contributed by atoms with Gasteiger partial charge in [-0.1, -0.05) is 26.7 Å². The molecule has 1 saturated carbocycles. The van der Waals surface area contributed by atoms with Crippen LogP contribution in [0.4, 0.5) is 0 Å². The number of rotatable bonds is 7. The number of nitrogens with two attached hydrogens (primary N) is 1. The largest absolute Gasteiger partial charge is 0.364 e. The topological polar surface area (TPSA) is 64.3 Å². The van der Waals surface area contributed by atoms with Crippen LogP contribution in [0.1, 0.15) is 52.4 Å². The summed E-state index contributed by atoms with van der Waals surface area (Å²) in [7, 11) is 0. The fraction of sp³-hybridized carbons (Fsp3) is 0.923. The van der Waals surface area contributed by atoms with E-state index in [4.69, 9.17) is 10.5 Å². The van der Waals surface area contributed by atoms with E-state index >= 15 is 0 Å². The molecule has 0 aromatic heterocycles. The van der Waals surface area contributed by atoms with Crippen molar-refractivity contribution in [1.82, 2.24) is 5.32 Å². The molecular formula is C13H26N2O2. The van der Waals surface area contributed by atoms with Crippen LogP contribution in [-0.2, 0) is 9.53 Å². The Morgan fingerprint density at radius 2 is 1.94 bits per heavy atom. The van der Waals surface area contributed by atoms with Crippen LogP contribution < -0.4 is 11.1 Å². The fourth-order valence-corrected chi connectivity index (χ4v) is 2.41. The third kappa shape index (κ3) is 4.28. The molecule has 0 bridgehead atoms. The quantitative estimate of drug-likeness (QED) is 0.712. The Balaban J connectivity index is 2.31. The monoisotopic (exact) mass is 242 g/mol. The lowest BCUT2D eigenvalue weighted by atomic mass is 10.0. The highest BCUT2D eigenvalue weighted by Gasteiger charge is 2.33. The third-order valence-corrected chi connectivity index (χ3v) is 3.75. The molecule has 100 valence electrons. The van der Waals surface area contributed by atoms with E-state index in [1.54, 1.807) is 0 Å². The van der Waals surface area contributed by atoms with Crippen LogP contribution in [-0.4, -0.2) is 30.7 Å². The molecule has 0 radical (unpaired) electrons. The van der Waals surface area contributed by atoms with E-state index in [1.165, 1.54) is 0 Å². The van der Waals surface area contributed by atoms with Crippen molar-refractivity contribution in [2.45, 2.75) is 64.0 Å². The van der Waals surface area contributed by atoms with Gasteiger partial charge in [-0.3, -0.25) is 4.79 Å². The molecule has 0 atom stereocenters. The van der Waals surface area contributed by atoms with Gasteiger partial charge < -0.3 is 15.8 Å². The second-order valence-electron chi connectivity index (χ2n) is 4.96. The van der Waals surface area contributed by atoms with Gasteiger partial charge >= 0.3 is 0 Å². The summed E-state index contributed by atoms with van der Waals surface area (Å²) in [5.74, 6) is -0.0153. The molecule has 0 aliphatic heterocycles. The number of hydrogen-bond acceptors (Lipinski definition) is 3. The molecule has 0 spiro atoms. The molecule has 1 amide bonds. The maximum atomic E-state index is 11.7. The van der Waals surface area contributed by atoms with E-state index in [1.807, 2.05) is 0 Å². The molecule has 0 unspecified atom stereocenters. The van der Waals surface area contributed by atoms with Crippen molar-refractivity contribution in [2.75, 3.05) is 13.2 Å². The highest BCUT2D eigenvalue weighted by molar-refractivity contribution is 5.77.